The summed E-state index contributed by atoms with van der Waals surface area (Å²) >= 11 is 0. The number of nitrogens with zero attached hydrogens (tertiary/aromatic N) is 5. The van der Waals surface area contributed by atoms with E-state index in [1.165, 1.54) is 12.4 Å². The second kappa shape index (κ2) is 8.74. The third-order valence-electron chi connectivity index (χ3n) is 5.61. The molecular formula is C22H26N6O4. The Morgan fingerprint density at radius 2 is 1.97 bits per heavy atom. The molecule has 4 rings (SSSR count). The van der Waals surface area contributed by atoms with Gasteiger partial charge < -0.3 is 24.8 Å². The van der Waals surface area contributed by atoms with E-state index < -0.39 is 0 Å². The van der Waals surface area contributed by atoms with Crippen molar-refractivity contribution in [2.45, 2.75) is 25.5 Å². The van der Waals surface area contributed by atoms with E-state index in [-0.39, 0.29) is 23.9 Å². The van der Waals surface area contributed by atoms with Crippen molar-refractivity contribution in [3.05, 3.63) is 42.7 Å². The number of rotatable bonds is 7. The predicted molar refractivity (Wildman–Crippen MR) is 119 cm³/mol. The van der Waals surface area contributed by atoms with Gasteiger partial charge >= 0.3 is 0 Å². The molecule has 0 saturated carbocycles. The maximum absolute atomic E-state index is 12.0. The van der Waals surface area contributed by atoms with Gasteiger partial charge in [0.25, 0.3) is 0 Å². The van der Waals surface area contributed by atoms with E-state index in [1.54, 1.807) is 29.9 Å². The number of fused-ring (bicyclic) bond motifs is 1. The van der Waals surface area contributed by atoms with Gasteiger partial charge in [-0.25, -0.2) is 14.6 Å². The standard InChI is InChI=1S/C22H26N6O4/c1-5-18(29)27-7-6-15(11-27)28-21-19(20(23)24-12-25-21)22(26-28)32-13(2)14-8-16(30-3)10-17(9-14)31-4/h5,8-10,12-13,15H,1,6-7,11H2,2-4H3,(H2,23,24,25)/t13?,15-/m0/s1. The molecule has 1 saturated heterocycles. The molecule has 2 aromatic heterocycles. The van der Waals surface area contributed by atoms with Crippen LogP contribution in [0.25, 0.3) is 11.0 Å². The van der Waals surface area contributed by atoms with Crippen LogP contribution in [0.5, 0.6) is 17.4 Å². The number of aromatic nitrogens is 4. The zero-order valence-electron chi connectivity index (χ0n) is 18.3. The largest absolute Gasteiger partial charge is 0.497 e. The van der Waals surface area contributed by atoms with E-state index >= 15 is 0 Å². The molecule has 0 aliphatic carbocycles. The predicted octanol–water partition coefficient (Wildman–Crippen LogP) is 2.53. The quantitative estimate of drug-likeness (QED) is 0.559. The fraction of sp³-hybridized carbons (Fsp3) is 0.364. The van der Waals surface area contributed by atoms with E-state index in [1.807, 2.05) is 19.1 Å². The van der Waals surface area contributed by atoms with Crippen molar-refractivity contribution in [1.82, 2.24) is 24.6 Å². The Kier molecular flexibility index (Phi) is 5.85. The number of nitrogens with two attached hydrogens (primary N) is 1. The van der Waals surface area contributed by atoms with Crippen LogP contribution in [0.15, 0.2) is 37.2 Å². The van der Waals surface area contributed by atoms with Crippen molar-refractivity contribution in [3.8, 4) is 17.4 Å². The maximum atomic E-state index is 12.0. The highest BCUT2D eigenvalue weighted by Crippen LogP contribution is 2.35. The number of carbonyl (C=O) groups is 1. The number of methoxy groups -OCH3 is 2. The van der Waals surface area contributed by atoms with Crippen LogP contribution in [0, 0.1) is 0 Å². The average molecular weight is 438 g/mol. The van der Waals surface area contributed by atoms with Gasteiger partial charge in [-0.05, 0) is 37.1 Å². The molecule has 10 heteroatoms. The van der Waals surface area contributed by atoms with E-state index in [4.69, 9.17) is 19.9 Å². The number of hydrogen-bond donors (Lipinski definition) is 1. The normalized spacial score (nSPS) is 16.7. The van der Waals surface area contributed by atoms with Crippen LogP contribution in [-0.4, -0.2) is 57.9 Å². The molecule has 2 N–H and O–H groups in total. The Morgan fingerprint density at radius 1 is 1.25 bits per heavy atom. The van der Waals surface area contributed by atoms with E-state index in [0.717, 1.165) is 12.0 Å². The zero-order valence-corrected chi connectivity index (χ0v) is 18.3. The molecule has 0 radical (unpaired) electrons. The summed E-state index contributed by atoms with van der Waals surface area (Å²) < 4.78 is 18.7. The van der Waals surface area contributed by atoms with E-state index in [0.29, 0.717) is 41.5 Å². The SMILES string of the molecule is C=CC(=O)N1CC[C@H](n2nc(OC(C)c3cc(OC)cc(OC)c3)c3c(N)ncnc32)C1. The number of amides is 1. The van der Waals surface area contributed by atoms with Crippen molar-refractivity contribution in [2.75, 3.05) is 33.0 Å². The van der Waals surface area contributed by atoms with Gasteiger partial charge in [-0.2, -0.15) is 0 Å². The highest BCUT2D eigenvalue weighted by molar-refractivity contribution is 5.91. The number of carbonyl (C=O) groups excluding carboxylic acids is 1. The molecule has 1 fully saturated rings. The van der Waals surface area contributed by atoms with Crippen LogP contribution < -0.4 is 19.9 Å². The van der Waals surface area contributed by atoms with Gasteiger partial charge in [-0.3, -0.25) is 4.79 Å². The fourth-order valence-electron chi connectivity index (χ4n) is 3.87. The Labute approximate surface area is 185 Å². The Bertz CT molecular complexity index is 1140. The number of ether oxygens (including phenoxy) is 3. The summed E-state index contributed by atoms with van der Waals surface area (Å²) in [7, 11) is 3.19. The molecule has 1 aromatic carbocycles. The molecule has 1 unspecified atom stereocenters. The van der Waals surface area contributed by atoms with Crippen LogP contribution in [0.4, 0.5) is 5.82 Å². The lowest BCUT2D eigenvalue weighted by Gasteiger charge is -2.16. The molecule has 3 aromatic rings. The first-order valence-electron chi connectivity index (χ1n) is 10.2. The Balaban J connectivity index is 1.68. The molecule has 0 spiro atoms. The topological polar surface area (TPSA) is 118 Å². The lowest BCUT2D eigenvalue weighted by atomic mass is 10.1. The number of nitrogen functional groups attached to an aromatic ring is 1. The summed E-state index contributed by atoms with van der Waals surface area (Å²) in [6.45, 7) is 6.59. The van der Waals surface area contributed by atoms with Gasteiger partial charge in [0.2, 0.25) is 11.8 Å². The zero-order chi connectivity index (χ0) is 22.8. The third kappa shape index (κ3) is 3.91. The lowest BCUT2D eigenvalue weighted by Crippen LogP contribution is -2.27. The van der Waals surface area contributed by atoms with Crippen molar-refractivity contribution >= 4 is 22.8 Å². The Hall–Kier alpha value is -3.82. The van der Waals surface area contributed by atoms with Crippen molar-refractivity contribution in [3.63, 3.8) is 0 Å². The summed E-state index contributed by atoms with van der Waals surface area (Å²) in [5, 5.41) is 5.23. The smallest absolute Gasteiger partial charge is 0.246 e. The van der Waals surface area contributed by atoms with E-state index in [2.05, 4.69) is 21.6 Å². The minimum atomic E-state index is -0.382. The fourth-order valence-corrected chi connectivity index (χ4v) is 3.87. The highest BCUT2D eigenvalue weighted by atomic mass is 16.5. The molecule has 32 heavy (non-hydrogen) atoms. The second-order valence-corrected chi connectivity index (χ2v) is 7.54. The summed E-state index contributed by atoms with van der Waals surface area (Å²) in [6, 6.07) is 5.49. The maximum Gasteiger partial charge on any atom is 0.246 e. The monoisotopic (exact) mass is 438 g/mol. The van der Waals surface area contributed by atoms with Crippen LogP contribution in [0.3, 0.4) is 0 Å². The Morgan fingerprint density at radius 3 is 2.62 bits per heavy atom. The van der Waals surface area contributed by atoms with Crippen molar-refractivity contribution < 1.29 is 19.0 Å². The molecule has 1 amide bonds. The van der Waals surface area contributed by atoms with Gasteiger partial charge in [0.15, 0.2) is 5.65 Å². The van der Waals surface area contributed by atoms with E-state index in [9.17, 15) is 4.79 Å². The molecule has 168 valence electrons. The summed E-state index contributed by atoms with van der Waals surface area (Å²) in [5.41, 5.74) is 7.59. The third-order valence-corrected chi connectivity index (χ3v) is 5.61. The van der Waals surface area contributed by atoms with Crippen LogP contribution in [-0.2, 0) is 4.79 Å². The molecule has 3 heterocycles. The van der Waals surface area contributed by atoms with Crippen LogP contribution in [0.2, 0.25) is 0 Å². The highest BCUT2D eigenvalue weighted by Gasteiger charge is 2.30. The molecule has 10 nitrogen and oxygen atoms in total. The number of hydrogen-bond acceptors (Lipinski definition) is 8. The first-order chi connectivity index (χ1) is 15.4. The summed E-state index contributed by atoms with van der Waals surface area (Å²) in [6.07, 6.45) is 3.08. The average Bonchev–Trinajstić information content (AvgIpc) is 3.44. The van der Waals surface area contributed by atoms with Gasteiger partial charge in [0.1, 0.15) is 35.1 Å². The van der Waals surface area contributed by atoms with Crippen LogP contribution in [0.1, 0.15) is 31.1 Å². The number of anilines is 1. The summed E-state index contributed by atoms with van der Waals surface area (Å²) in [4.78, 5) is 22.3. The second-order valence-electron chi connectivity index (χ2n) is 7.54. The van der Waals surface area contributed by atoms with Gasteiger partial charge in [-0.1, -0.05) is 6.58 Å². The van der Waals surface area contributed by atoms with Crippen molar-refractivity contribution in [2.24, 2.45) is 0 Å². The number of likely N-dealkylation sites (tertiary alicyclic amines) is 1. The van der Waals surface area contributed by atoms with Gasteiger partial charge in [0, 0.05) is 19.2 Å². The molecular weight excluding hydrogens is 412 g/mol. The number of benzene rings is 1. The van der Waals surface area contributed by atoms with Gasteiger partial charge in [0.05, 0.1) is 20.3 Å². The van der Waals surface area contributed by atoms with Gasteiger partial charge in [-0.15, -0.1) is 5.10 Å². The first kappa shape index (κ1) is 21.4. The molecule has 1 aliphatic heterocycles. The summed E-state index contributed by atoms with van der Waals surface area (Å²) in [5.74, 6) is 1.83. The minimum Gasteiger partial charge on any atom is -0.497 e. The molecule has 0 bridgehead atoms. The molecule has 2 atom stereocenters. The lowest BCUT2D eigenvalue weighted by molar-refractivity contribution is -0.125. The first-order valence-corrected chi connectivity index (χ1v) is 10.2. The minimum absolute atomic E-state index is 0.0553. The van der Waals surface area contributed by atoms with Crippen molar-refractivity contribution in [1.29, 1.82) is 0 Å². The molecule has 1 aliphatic rings. The van der Waals surface area contributed by atoms with Crippen LogP contribution >= 0.6 is 0 Å².